The number of fused-ring (bicyclic) bond motifs is 1. The second-order valence-electron chi connectivity index (χ2n) is 6.96. The quantitative estimate of drug-likeness (QED) is 0.860. The van der Waals surface area contributed by atoms with Crippen LogP contribution in [0.25, 0.3) is 0 Å². The maximum Gasteiger partial charge on any atom is 0.264 e. The van der Waals surface area contributed by atoms with Crippen molar-refractivity contribution < 1.29 is 4.79 Å². The first-order valence-electron chi connectivity index (χ1n) is 8.73. The molecule has 0 aliphatic carbocycles. The molecule has 0 saturated carbocycles. The lowest BCUT2D eigenvalue weighted by molar-refractivity contribution is 0.0651. The number of hydrogen-bond donors (Lipinski definition) is 0. The highest BCUT2D eigenvalue weighted by atomic mass is 32.1. The van der Waals surface area contributed by atoms with Crippen LogP contribution in [-0.2, 0) is 6.54 Å². The summed E-state index contributed by atoms with van der Waals surface area (Å²) in [4.78, 5) is 19.6. The molecule has 1 fully saturated rings. The number of aryl methyl sites for hydroxylation is 2. The summed E-state index contributed by atoms with van der Waals surface area (Å²) in [7, 11) is 0. The highest BCUT2D eigenvalue weighted by Gasteiger charge is 2.31. The van der Waals surface area contributed by atoms with E-state index in [1.165, 1.54) is 36.4 Å². The van der Waals surface area contributed by atoms with Crippen molar-refractivity contribution in [1.29, 1.82) is 0 Å². The van der Waals surface area contributed by atoms with Gasteiger partial charge in [-0.3, -0.25) is 9.48 Å². The van der Waals surface area contributed by atoms with E-state index in [0.717, 1.165) is 23.7 Å². The molecule has 2 aromatic rings. The lowest BCUT2D eigenvalue weighted by atomic mass is 10.1. The van der Waals surface area contributed by atoms with Gasteiger partial charge >= 0.3 is 0 Å². The highest BCUT2D eigenvalue weighted by Crippen LogP contribution is 2.27. The predicted octanol–water partition coefficient (Wildman–Crippen LogP) is 2.85. The van der Waals surface area contributed by atoms with Gasteiger partial charge in [0.2, 0.25) is 0 Å². The molecular weight excluding hydrogens is 320 g/mol. The SMILES string of the molecule is Cc1cc(C(=O)N2Cc3ccnn3[C@H](CN3CCCC3)C2)sc1C. The molecule has 1 amide bonds. The van der Waals surface area contributed by atoms with Crippen molar-refractivity contribution in [3.63, 3.8) is 0 Å². The zero-order valence-electron chi connectivity index (χ0n) is 14.4. The maximum atomic E-state index is 13.0. The molecule has 0 radical (unpaired) electrons. The third-order valence-electron chi connectivity index (χ3n) is 5.21. The molecule has 4 heterocycles. The average Bonchev–Trinajstić information content (AvgIpc) is 3.29. The third kappa shape index (κ3) is 2.89. The number of likely N-dealkylation sites (tertiary alicyclic amines) is 1. The Bertz CT molecular complexity index is 725. The van der Waals surface area contributed by atoms with Gasteiger partial charge in [-0.2, -0.15) is 5.10 Å². The molecule has 0 bridgehead atoms. The number of amides is 1. The topological polar surface area (TPSA) is 41.4 Å². The van der Waals surface area contributed by atoms with Crippen LogP contribution in [0.2, 0.25) is 0 Å². The molecule has 4 rings (SSSR count). The van der Waals surface area contributed by atoms with Crippen LogP contribution in [0.3, 0.4) is 0 Å². The Labute approximate surface area is 146 Å². The van der Waals surface area contributed by atoms with E-state index in [2.05, 4.69) is 28.5 Å². The molecule has 0 aromatic carbocycles. The zero-order chi connectivity index (χ0) is 16.7. The minimum Gasteiger partial charge on any atom is -0.330 e. The molecular formula is C18H24N4OS. The fraction of sp³-hybridized carbons (Fsp3) is 0.556. The number of rotatable bonds is 3. The van der Waals surface area contributed by atoms with Crippen LogP contribution >= 0.6 is 11.3 Å². The van der Waals surface area contributed by atoms with Crippen molar-refractivity contribution in [3.05, 3.63) is 39.3 Å². The van der Waals surface area contributed by atoms with Crippen LogP contribution in [0.4, 0.5) is 0 Å². The fourth-order valence-corrected chi connectivity index (χ4v) is 4.78. The first kappa shape index (κ1) is 15.8. The third-order valence-corrected chi connectivity index (χ3v) is 6.35. The predicted molar refractivity (Wildman–Crippen MR) is 95.5 cm³/mol. The van der Waals surface area contributed by atoms with E-state index in [-0.39, 0.29) is 11.9 Å². The molecule has 128 valence electrons. The molecule has 2 aliphatic rings. The van der Waals surface area contributed by atoms with Gasteiger partial charge in [-0.25, -0.2) is 0 Å². The molecule has 2 aromatic heterocycles. The minimum atomic E-state index is 0.162. The first-order chi connectivity index (χ1) is 11.6. The monoisotopic (exact) mass is 344 g/mol. The van der Waals surface area contributed by atoms with E-state index in [9.17, 15) is 4.79 Å². The van der Waals surface area contributed by atoms with Crippen molar-refractivity contribution in [2.24, 2.45) is 0 Å². The van der Waals surface area contributed by atoms with Crippen LogP contribution in [0.15, 0.2) is 18.3 Å². The van der Waals surface area contributed by atoms with Crippen LogP contribution in [0.5, 0.6) is 0 Å². The summed E-state index contributed by atoms with van der Waals surface area (Å²) in [6.45, 7) is 8.89. The van der Waals surface area contributed by atoms with Crippen LogP contribution in [0, 0.1) is 13.8 Å². The Morgan fingerprint density at radius 1 is 1.33 bits per heavy atom. The lowest BCUT2D eigenvalue weighted by Gasteiger charge is -2.35. The number of carbonyl (C=O) groups is 1. The van der Waals surface area contributed by atoms with Gasteiger partial charge in [-0.05, 0) is 57.5 Å². The van der Waals surface area contributed by atoms with Crippen LogP contribution < -0.4 is 0 Å². The summed E-state index contributed by atoms with van der Waals surface area (Å²) in [6.07, 6.45) is 4.43. The molecule has 0 unspecified atom stereocenters. The van der Waals surface area contributed by atoms with Crippen molar-refractivity contribution in [2.75, 3.05) is 26.2 Å². The zero-order valence-corrected chi connectivity index (χ0v) is 15.2. The smallest absolute Gasteiger partial charge is 0.264 e. The van der Waals surface area contributed by atoms with Crippen molar-refractivity contribution in [3.8, 4) is 0 Å². The van der Waals surface area contributed by atoms with Gasteiger partial charge in [-0.1, -0.05) is 0 Å². The Kier molecular flexibility index (Phi) is 4.18. The number of thiophene rings is 1. The van der Waals surface area contributed by atoms with Crippen LogP contribution in [-0.4, -0.2) is 51.7 Å². The molecule has 6 heteroatoms. The summed E-state index contributed by atoms with van der Waals surface area (Å²) >= 11 is 1.61. The summed E-state index contributed by atoms with van der Waals surface area (Å²) in [6, 6.07) is 4.33. The van der Waals surface area contributed by atoms with Crippen molar-refractivity contribution in [2.45, 2.75) is 39.3 Å². The van der Waals surface area contributed by atoms with Crippen molar-refractivity contribution >= 4 is 17.2 Å². The Morgan fingerprint density at radius 2 is 2.12 bits per heavy atom. The summed E-state index contributed by atoms with van der Waals surface area (Å²) in [5.41, 5.74) is 2.35. The largest absolute Gasteiger partial charge is 0.330 e. The summed E-state index contributed by atoms with van der Waals surface area (Å²) in [5, 5.41) is 4.52. The van der Waals surface area contributed by atoms with Gasteiger partial charge in [0.05, 0.1) is 23.2 Å². The van der Waals surface area contributed by atoms with E-state index < -0.39 is 0 Å². The molecule has 24 heavy (non-hydrogen) atoms. The molecule has 2 aliphatic heterocycles. The summed E-state index contributed by atoms with van der Waals surface area (Å²) < 4.78 is 2.13. The Balaban J connectivity index is 1.55. The van der Waals surface area contributed by atoms with E-state index in [1.54, 1.807) is 11.3 Å². The maximum absolute atomic E-state index is 13.0. The van der Waals surface area contributed by atoms with Gasteiger partial charge in [0.15, 0.2) is 0 Å². The first-order valence-corrected chi connectivity index (χ1v) is 9.54. The highest BCUT2D eigenvalue weighted by molar-refractivity contribution is 7.14. The summed E-state index contributed by atoms with van der Waals surface area (Å²) in [5.74, 6) is 0.162. The second-order valence-corrected chi connectivity index (χ2v) is 8.22. The molecule has 5 nitrogen and oxygen atoms in total. The fourth-order valence-electron chi connectivity index (χ4n) is 3.77. The standard InChI is InChI=1S/C18H24N4OS/c1-13-9-17(24-14(13)2)18(23)21-11-15-5-6-19-22(15)16(12-21)10-20-7-3-4-8-20/h5-6,9,16H,3-4,7-8,10-12H2,1-2H3/t16-/m1/s1. The molecule has 1 saturated heterocycles. The Morgan fingerprint density at radius 3 is 2.83 bits per heavy atom. The minimum absolute atomic E-state index is 0.162. The van der Waals surface area contributed by atoms with Gasteiger partial charge < -0.3 is 9.80 Å². The number of hydrogen-bond acceptors (Lipinski definition) is 4. The van der Waals surface area contributed by atoms with Gasteiger partial charge in [-0.15, -0.1) is 11.3 Å². The molecule has 1 atom stereocenters. The Hall–Kier alpha value is -1.66. The number of carbonyl (C=O) groups excluding carboxylic acids is 1. The molecule has 0 spiro atoms. The lowest BCUT2D eigenvalue weighted by Crippen LogP contribution is -2.44. The van der Waals surface area contributed by atoms with Gasteiger partial charge in [0.25, 0.3) is 5.91 Å². The van der Waals surface area contributed by atoms with E-state index in [1.807, 2.05) is 23.2 Å². The van der Waals surface area contributed by atoms with Crippen molar-refractivity contribution in [1.82, 2.24) is 19.6 Å². The van der Waals surface area contributed by atoms with Gasteiger partial charge in [0, 0.05) is 24.2 Å². The van der Waals surface area contributed by atoms with E-state index >= 15 is 0 Å². The molecule has 0 N–H and O–H groups in total. The second kappa shape index (κ2) is 6.33. The average molecular weight is 344 g/mol. The normalized spacial score (nSPS) is 21.2. The van der Waals surface area contributed by atoms with E-state index in [4.69, 9.17) is 0 Å². The van der Waals surface area contributed by atoms with Gasteiger partial charge in [0.1, 0.15) is 0 Å². The number of nitrogens with zero attached hydrogens (tertiary/aromatic N) is 4. The number of aromatic nitrogens is 2. The van der Waals surface area contributed by atoms with Crippen LogP contribution in [0.1, 0.15) is 44.7 Å². The van der Waals surface area contributed by atoms with E-state index in [0.29, 0.717) is 6.54 Å².